The van der Waals surface area contributed by atoms with Crippen LogP contribution in [0.15, 0.2) is 16.7 Å². The Morgan fingerprint density at radius 1 is 1.39 bits per heavy atom. The number of hydrogen-bond acceptors (Lipinski definition) is 3. The largest absolute Gasteiger partial charge is 0.468 e. The fraction of sp³-hybridized carbons (Fsp3) is 0.733. The van der Waals surface area contributed by atoms with Gasteiger partial charge < -0.3 is 9.73 Å². The summed E-state index contributed by atoms with van der Waals surface area (Å²) in [5.74, 6) is 1.15. The summed E-state index contributed by atoms with van der Waals surface area (Å²) < 4.78 is 5.68. The van der Waals surface area contributed by atoms with Crippen LogP contribution in [0.25, 0.3) is 0 Å². The van der Waals surface area contributed by atoms with Crippen LogP contribution in [0.4, 0.5) is 0 Å². The van der Waals surface area contributed by atoms with E-state index in [1.54, 1.807) is 0 Å². The third-order valence-corrected chi connectivity index (χ3v) is 3.97. The van der Waals surface area contributed by atoms with Gasteiger partial charge in [0.2, 0.25) is 0 Å². The third kappa shape index (κ3) is 3.36. The van der Waals surface area contributed by atoms with Gasteiger partial charge in [-0.3, -0.25) is 4.90 Å². The molecule has 2 heterocycles. The van der Waals surface area contributed by atoms with Crippen molar-refractivity contribution in [2.45, 2.75) is 58.7 Å². The van der Waals surface area contributed by atoms with E-state index < -0.39 is 0 Å². The van der Waals surface area contributed by atoms with Crippen molar-refractivity contribution in [1.29, 1.82) is 0 Å². The van der Waals surface area contributed by atoms with E-state index in [1.807, 2.05) is 6.26 Å². The normalized spacial score (nSPS) is 21.3. The lowest BCUT2D eigenvalue weighted by Gasteiger charge is -2.34. The van der Waals surface area contributed by atoms with Gasteiger partial charge in [0, 0.05) is 18.2 Å². The maximum Gasteiger partial charge on any atom is 0.122 e. The quantitative estimate of drug-likeness (QED) is 0.840. The molecule has 0 aliphatic carbocycles. The average Bonchev–Trinajstić information content (AvgIpc) is 2.84. The SMILES string of the molecule is CCNCc1ccoc1CN1CCCCC1CC. The minimum Gasteiger partial charge on any atom is -0.468 e. The Kier molecular flexibility index (Phi) is 5.26. The number of furan rings is 1. The number of nitrogens with zero attached hydrogens (tertiary/aromatic N) is 1. The van der Waals surface area contributed by atoms with Crippen molar-refractivity contribution in [1.82, 2.24) is 10.2 Å². The lowest BCUT2D eigenvalue weighted by molar-refractivity contribution is 0.126. The van der Waals surface area contributed by atoms with Crippen LogP contribution >= 0.6 is 0 Å². The number of hydrogen-bond donors (Lipinski definition) is 1. The molecule has 0 spiro atoms. The van der Waals surface area contributed by atoms with Crippen LogP contribution in [0.3, 0.4) is 0 Å². The Morgan fingerprint density at radius 3 is 3.06 bits per heavy atom. The molecule has 1 fully saturated rings. The van der Waals surface area contributed by atoms with Crippen LogP contribution in [-0.2, 0) is 13.1 Å². The molecule has 3 nitrogen and oxygen atoms in total. The minimum atomic E-state index is 0.746. The Labute approximate surface area is 111 Å². The second-order valence-corrected chi connectivity index (χ2v) is 5.18. The predicted octanol–water partition coefficient (Wildman–Crippen LogP) is 3.15. The summed E-state index contributed by atoms with van der Waals surface area (Å²) >= 11 is 0. The molecule has 1 N–H and O–H groups in total. The summed E-state index contributed by atoms with van der Waals surface area (Å²) in [5, 5.41) is 3.37. The number of likely N-dealkylation sites (tertiary alicyclic amines) is 1. The Hall–Kier alpha value is -0.800. The summed E-state index contributed by atoms with van der Waals surface area (Å²) in [6.45, 7) is 8.56. The molecule has 1 aliphatic heterocycles. The summed E-state index contributed by atoms with van der Waals surface area (Å²) in [7, 11) is 0. The van der Waals surface area contributed by atoms with E-state index in [0.29, 0.717) is 0 Å². The first-order valence-corrected chi connectivity index (χ1v) is 7.35. The van der Waals surface area contributed by atoms with Crippen LogP contribution in [0.5, 0.6) is 0 Å². The summed E-state index contributed by atoms with van der Waals surface area (Å²) in [6.07, 6.45) is 7.15. The molecule has 3 heteroatoms. The lowest BCUT2D eigenvalue weighted by atomic mass is 9.99. The third-order valence-electron chi connectivity index (χ3n) is 3.97. The first-order valence-electron chi connectivity index (χ1n) is 7.35. The molecule has 0 radical (unpaired) electrons. The Morgan fingerprint density at radius 2 is 2.28 bits per heavy atom. The van der Waals surface area contributed by atoms with Gasteiger partial charge in [-0.05, 0) is 38.4 Å². The van der Waals surface area contributed by atoms with Gasteiger partial charge >= 0.3 is 0 Å². The van der Waals surface area contributed by atoms with Gasteiger partial charge in [0.05, 0.1) is 12.8 Å². The Bertz CT molecular complexity index is 348. The molecular formula is C15H26N2O. The van der Waals surface area contributed by atoms with Gasteiger partial charge in [-0.15, -0.1) is 0 Å². The maximum absolute atomic E-state index is 5.68. The summed E-state index contributed by atoms with van der Waals surface area (Å²) in [6, 6.07) is 2.85. The fourth-order valence-electron chi connectivity index (χ4n) is 2.84. The molecule has 0 amide bonds. The molecule has 2 rings (SSSR count). The molecule has 1 unspecified atom stereocenters. The van der Waals surface area contributed by atoms with Crippen molar-refractivity contribution in [3.8, 4) is 0 Å². The van der Waals surface area contributed by atoms with E-state index in [0.717, 1.165) is 31.4 Å². The van der Waals surface area contributed by atoms with Crippen LogP contribution < -0.4 is 5.32 Å². The van der Waals surface area contributed by atoms with E-state index in [9.17, 15) is 0 Å². The van der Waals surface area contributed by atoms with Crippen LogP contribution in [-0.4, -0.2) is 24.0 Å². The van der Waals surface area contributed by atoms with Crippen molar-refractivity contribution in [2.24, 2.45) is 0 Å². The summed E-state index contributed by atoms with van der Waals surface area (Å²) in [4.78, 5) is 2.60. The van der Waals surface area contributed by atoms with Crippen LogP contribution in [0.2, 0.25) is 0 Å². The topological polar surface area (TPSA) is 28.4 Å². The molecular weight excluding hydrogens is 224 g/mol. The van der Waals surface area contributed by atoms with Gasteiger partial charge in [-0.25, -0.2) is 0 Å². The smallest absolute Gasteiger partial charge is 0.122 e. The van der Waals surface area contributed by atoms with Crippen LogP contribution in [0.1, 0.15) is 50.9 Å². The van der Waals surface area contributed by atoms with Crippen molar-refractivity contribution in [3.63, 3.8) is 0 Å². The molecule has 1 aromatic heterocycles. The molecule has 0 saturated carbocycles. The maximum atomic E-state index is 5.68. The van der Waals surface area contributed by atoms with E-state index >= 15 is 0 Å². The van der Waals surface area contributed by atoms with Gasteiger partial charge in [0.25, 0.3) is 0 Å². The number of nitrogens with one attached hydrogen (secondary N) is 1. The zero-order chi connectivity index (χ0) is 12.8. The van der Waals surface area contributed by atoms with Gasteiger partial charge in [0.15, 0.2) is 0 Å². The minimum absolute atomic E-state index is 0.746. The average molecular weight is 250 g/mol. The molecule has 0 aromatic carbocycles. The van der Waals surface area contributed by atoms with Crippen molar-refractivity contribution in [3.05, 3.63) is 23.7 Å². The first-order chi connectivity index (χ1) is 8.85. The zero-order valence-electron chi connectivity index (χ0n) is 11.7. The highest BCUT2D eigenvalue weighted by molar-refractivity contribution is 5.17. The van der Waals surface area contributed by atoms with Crippen molar-refractivity contribution in [2.75, 3.05) is 13.1 Å². The molecule has 102 valence electrons. The number of rotatable bonds is 6. The fourth-order valence-corrected chi connectivity index (χ4v) is 2.84. The van der Waals surface area contributed by atoms with Crippen LogP contribution in [0, 0.1) is 0 Å². The van der Waals surface area contributed by atoms with Crippen molar-refractivity contribution < 1.29 is 4.42 Å². The highest BCUT2D eigenvalue weighted by atomic mass is 16.3. The lowest BCUT2D eigenvalue weighted by Crippen LogP contribution is -2.38. The summed E-state index contributed by atoms with van der Waals surface area (Å²) in [5.41, 5.74) is 1.32. The standard InChI is InChI=1S/C15H26N2O/c1-3-14-7-5-6-9-17(14)12-15-13(8-10-18-15)11-16-4-2/h8,10,14,16H,3-7,9,11-12H2,1-2H3. The molecule has 1 saturated heterocycles. The molecule has 1 aliphatic rings. The predicted molar refractivity (Wildman–Crippen MR) is 74.4 cm³/mol. The molecule has 18 heavy (non-hydrogen) atoms. The van der Waals surface area contributed by atoms with E-state index in [4.69, 9.17) is 4.42 Å². The number of piperidine rings is 1. The van der Waals surface area contributed by atoms with Crippen molar-refractivity contribution >= 4 is 0 Å². The molecule has 1 aromatic rings. The van der Waals surface area contributed by atoms with Gasteiger partial charge in [-0.2, -0.15) is 0 Å². The van der Waals surface area contributed by atoms with E-state index in [1.165, 1.54) is 37.8 Å². The van der Waals surface area contributed by atoms with E-state index in [-0.39, 0.29) is 0 Å². The zero-order valence-corrected chi connectivity index (χ0v) is 11.7. The second-order valence-electron chi connectivity index (χ2n) is 5.18. The monoisotopic (exact) mass is 250 g/mol. The second kappa shape index (κ2) is 6.95. The van der Waals surface area contributed by atoms with E-state index in [2.05, 4.69) is 30.1 Å². The molecule has 1 atom stereocenters. The van der Waals surface area contributed by atoms with Gasteiger partial charge in [0.1, 0.15) is 5.76 Å². The highest BCUT2D eigenvalue weighted by Crippen LogP contribution is 2.23. The highest BCUT2D eigenvalue weighted by Gasteiger charge is 2.22. The Balaban J connectivity index is 1.96. The molecule has 0 bridgehead atoms. The first kappa shape index (κ1) is 13.6. The van der Waals surface area contributed by atoms with Gasteiger partial charge in [-0.1, -0.05) is 20.3 Å².